The fourth-order valence-corrected chi connectivity index (χ4v) is 3.25. The van der Waals surface area contributed by atoms with Crippen molar-refractivity contribution < 1.29 is 19.1 Å². The molecule has 1 unspecified atom stereocenters. The number of fused-ring (bicyclic) bond motifs is 1. The van der Waals surface area contributed by atoms with Crippen molar-refractivity contribution in [3.05, 3.63) is 52.0 Å². The Hall–Kier alpha value is -2.67. The summed E-state index contributed by atoms with van der Waals surface area (Å²) in [6, 6.07) is 10.5. The zero-order valence-electron chi connectivity index (χ0n) is 15.9. The Kier molecular flexibility index (Phi) is 5.84. The number of nitrogens with one attached hydrogen (secondary N) is 1. The summed E-state index contributed by atoms with van der Waals surface area (Å²) in [5, 5.41) is 2.80. The van der Waals surface area contributed by atoms with Crippen LogP contribution in [0, 0.1) is 6.92 Å². The summed E-state index contributed by atoms with van der Waals surface area (Å²) in [4.78, 5) is 38.2. The van der Waals surface area contributed by atoms with Crippen molar-refractivity contribution in [3.63, 3.8) is 0 Å². The minimum absolute atomic E-state index is 0.0767. The molecule has 0 radical (unpaired) electrons. The lowest BCUT2D eigenvalue weighted by molar-refractivity contribution is -0.125. The van der Waals surface area contributed by atoms with Gasteiger partial charge in [-0.1, -0.05) is 15.9 Å². The molecule has 1 aliphatic rings. The van der Waals surface area contributed by atoms with Gasteiger partial charge in [-0.15, -0.1) is 0 Å². The third kappa shape index (κ3) is 4.25. The minimum Gasteiger partial charge on any atom is -0.479 e. The van der Waals surface area contributed by atoms with Crippen LogP contribution in [-0.2, 0) is 9.59 Å². The second kappa shape index (κ2) is 8.14. The van der Waals surface area contributed by atoms with Crippen LogP contribution in [0.25, 0.3) is 0 Å². The van der Waals surface area contributed by atoms with Gasteiger partial charge < -0.3 is 15.0 Å². The molecular formula is C21H21BrN2O4. The molecule has 0 saturated heterocycles. The Bertz CT molecular complexity index is 957. The van der Waals surface area contributed by atoms with E-state index in [1.807, 2.05) is 19.1 Å². The van der Waals surface area contributed by atoms with Gasteiger partial charge >= 0.3 is 0 Å². The van der Waals surface area contributed by atoms with E-state index in [-0.39, 0.29) is 30.4 Å². The molecule has 0 spiro atoms. The van der Waals surface area contributed by atoms with Crippen molar-refractivity contribution in [1.82, 2.24) is 0 Å². The van der Waals surface area contributed by atoms with Crippen LogP contribution >= 0.6 is 15.9 Å². The maximum absolute atomic E-state index is 12.5. The smallest absolute Gasteiger partial charge is 0.267 e. The molecule has 1 atom stereocenters. The molecule has 1 N–H and O–H groups in total. The lowest BCUT2D eigenvalue weighted by Crippen LogP contribution is -2.42. The van der Waals surface area contributed by atoms with Gasteiger partial charge in [-0.05, 0) is 55.8 Å². The predicted molar refractivity (Wildman–Crippen MR) is 111 cm³/mol. The average molecular weight is 445 g/mol. The van der Waals surface area contributed by atoms with Gasteiger partial charge in [-0.3, -0.25) is 14.4 Å². The Morgan fingerprint density at radius 2 is 1.93 bits per heavy atom. The lowest BCUT2D eigenvalue weighted by Gasteiger charge is -2.30. The number of Topliss-reactive ketones (excluding diaryl/α,β-unsaturated/α-hetero) is 1. The number of carbonyl (C=O) groups is 3. The molecule has 6 nitrogen and oxygen atoms in total. The third-order valence-electron chi connectivity index (χ3n) is 4.65. The zero-order valence-corrected chi connectivity index (χ0v) is 17.5. The molecule has 2 aromatic carbocycles. The number of ketones is 1. The second-order valence-corrected chi connectivity index (χ2v) is 7.63. The quantitative estimate of drug-likeness (QED) is 0.704. The highest BCUT2D eigenvalue weighted by molar-refractivity contribution is 9.10. The van der Waals surface area contributed by atoms with Crippen LogP contribution in [0.1, 0.15) is 35.7 Å². The Morgan fingerprint density at radius 3 is 2.64 bits per heavy atom. The van der Waals surface area contributed by atoms with Gasteiger partial charge in [0.05, 0.1) is 5.69 Å². The minimum atomic E-state index is -0.551. The van der Waals surface area contributed by atoms with Crippen LogP contribution in [0.2, 0.25) is 0 Å². The number of carbonyl (C=O) groups excluding carboxylic acids is 3. The number of rotatable bonds is 5. The first-order valence-electron chi connectivity index (χ1n) is 8.93. The van der Waals surface area contributed by atoms with Gasteiger partial charge in [0.25, 0.3) is 5.91 Å². The summed E-state index contributed by atoms with van der Waals surface area (Å²) in [7, 11) is 1.65. The number of hydrogen-bond donors (Lipinski definition) is 1. The van der Waals surface area contributed by atoms with Crippen LogP contribution in [-0.4, -0.2) is 30.7 Å². The summed E-state index contributed by atoms with van der Waals surface area (Å²) in [6.07, 6.45) is -0.396. The number of anilines is 2. The van der Waals surface area contributed by atoms with Gasteiger partial charge in [0.15, 0.2) is 11.9 Å². The van der Waals surface area contributed by atoms with Crippen LogP contribution in [0.15, 0.2) is 40.9 Å². The molecule has 0 aliphatic carbocycles. The van der Waals surface area contributed by atoms with E-state index >= 15 is 0 Å². The monoisotopic (exact) mass is 444 g/mol. The summed E-state index contributed by atoms with van der Waals surface area (Å²) in [6.45, 7) is 3.62. The summed E-state index contributed by atoms with van der Waals surface area (Å²) < 4.78 is 6.53. The van der Waals surface area contributed by atoms with Crippen LogP contribution < -0.4 is 15.0 Å². The van der Waals surface area contributed by atoms with Crippen LogP contribution in [0.5, 0.6) is 5.75 Å². The standard InChI is InChI=1S/C21H21BrN2O4/c1-12-10-15(5-6-16(12)22)23-20(26)9-7-18(25)14-4-8-19-17(11-14)24(3)21(27)13(2)28-19/h4-6,8,10-11,13H,7,9H2,1-3H3,(H,23,26). The summed E-state index contributed by atoms with van der Waals surface area (Å²) >= 11 is 3.42. The van der Waals surface area contributed by atoms with Gasteiger partial charge in [0.2, 0.25) is 5.91 Å². The van der Waals surface area contributed by atoms with Gasteiger partial charge in [0, 0.05) is 35.6 Å². The first kappa shape index (κ1) is 20.1. The van der Waals surface area contributed by atoms with Gasteiger partial charge in [-0.2, -0.15) is 0 Å². The number of ether oxygens (including phenoxy) is 1. The van der Waals surface area contributed by atoms with E-state index in [4.69, 9.17) is 4.74 Å². The second-order valence-electron chi connectivity index (χ2n) is 6.78. The first-order chi connectivity index (χ1) is 13.3. The normalized spacial score (nSPS) is 15.6. The number of likely N-dealkylation sites (N-methyl/N-ethyl adjacent to an activating group) is 1. The molecule has 1 aliphatic heterocycles. The van der Waals surface area contributed by atoms with Crippen molar-refractivity contribution in [3.8, 4) is 5.75 Å². The molecule has 2 amide bonds. The molecule has 1 heterocycles. The molecule has 3 rings (SSSR count). The number of hydrogen-bond acceptors (Lipinski definition) is 4. The molecular weight excluding hydrogens is 424 g/mol. The third-order valence-corrected chi connectivity index (χ3v) is 5.53. The SMILES string of the molecule is Cc1cc(NC(=O)CCC(=O)c2ccc3c(c2)N(C)C(=O)C(C)O3)ccc1Br. The van der Waals surface area contributed by atoms with Crippen molar-refractivity contribution >= 4 is 44.9 Å². The van der Waals surface area contributed by atoms with Gasteiger partial charge in [-0.25, -0.2) is 0 Å². The Balaban J connectivity index is 1.63. The number of benzene rings is 2. The Morgan fingerprint density at radius 1 is 1.18 bits per heavy atom. The highest BCUT2D eigenvalue weighted by Gasteiger charge is 2.29. The molecule has 28 heavy (non-hydrogen) atoms. The van der Waals surface area contributed by atoms with Crippen LogP contribution in [0.4, 0.5) is 11.4 Å². The molecule has 0 bridgehead atoms. The van der Waals surface area contributed by atoms with E-state index in [9.17, 15) is 14.4 Å². The maximum atomic E-state index is 12.5. The fraction of sp³-hybridized carbons (Fsp3) is 0.286. The molecule has 2 aromatic rings. The summed E-state index contributed by atoms with van der Waals surface area (Å²) in [5.41, 5.74) is 2.71. The van der Waals surface area contributed by atoms with Crippen LogP contribution in [0.3, 0.4) is 0 Å². The number of halogens is 1. The van der Waals surface area contributed by atoms with E-state index in [0.717, 1.165) is 10.0 Å². The maximum Gasteiger partial charge on any atom is 0.267 e. The molecule has 7 heteroatoms. The number of aryl methyl sites for hydroxylation is 1. The van der Waals surface area contributed by atoms with Crippen molar-refractivity contribution in [2.75, 3.05) is 17.3 Å². The molecule has 146 valence electrons. The zero-order chi connectivity index (χ0) is 20.4. The molecule has 0 saturated carbocycles. The topological polar surface area (TPSA) is 75.7 Å². The average Bonchev–Trinajstić information content (AvgIpc) is 2.67. The number of amides is 2. The van der Waals surface area contributed by atoms with E-state index in [1.54, 1.807) is 38.2 Å². The van der Waals surface area contributed by atoms with Crippen molar-refractivity contribution in [1.29, 1.82) is 0 Å². The van der Waals surface area contributed by atoms with E-state index in [0.29, 0.717) is 22.7 Å². The van der Waals surface area contributed by atoms with E-state index in [1.165, 1.54) is 4.90 Å². The Labute approximate surface area is 172 Å². The van der Waals surface area contributed by atoms with E-state index < -0.39 is 6.10 Å². The van der Waals surface area contributed by atoms with Crippen molar-refractivity contribution in [2.45, 2.75) is 32.8 Å². The predicted octanol–water partition coefficient (Wildman–Crippen LogP) is 4.10. The molecule has 0 fully saturated rings. The van der Waals surface area contributed by atoms with Crippen molar-refractivity contribution in [2.24, 2.45) is 0 Å². The fourth-order valence-electron chi connectivity index (χ4n) is 3.00. The van der Waals surface area contributed by atoms with Gasteiger partial charge in [0.1, 0.15) is 5.75 Å². The first-order valence-corrected chi connectivity index (χ1v) is 9.73. The van der Waals surface area contributed by atoms with E-state index in [2.05, 4.69) is 21.2 Å². The summed E-state index contributed by atoms with van der Waals surface area (Å²) in [5.74, 6) is 0.0117. The largest absolute Gasteiger partial charge is 0.479 e. The highest BCUT2D eigenvalue weighted by atomic mass is 79.9. The highest BCUT2D eigenvalue weighted by Crippen LogP contribution is 2.34. The number of nitrogens with zero attached hydrogens (tertiary/aromatic N) is 1. The lowest BCUT2D eigenvalue weighted by atomic mass is 10.0. The molecule has 0 aromatic heterocycles.